The van der Waals surface area contributed by atoms with Crippen LogP contribution in [0.5, 0.6) is 0 Å². The van der Waals surface area contributed by atoms with Crippen LogP contribution in [0, 0.1) is 5.41 Å². The van der Waals surface area contributed by atoms with Crippen LogP contribution >= 0.6 is 0 Å². The van der Waals surface area contributed by atoms with Crippen LogP contribution in [0.25, 0.3) is 0 Å². The van der Waals surface area contributed by atoms with Crippen molar-refractivity contribution < 1.29 is 0 Å². The smallest absolute Gasteiger partial charge is 0.0581 e. The fraction of sp³-hybridized carbons (Fsp3) is 0.739. The van der Waals surface area contributed by atoms with Crippen LogP contribution in [0.1, 0.15) is 65.4 Å². The SMILES string of the molecule is CC1C([Si](C)(C)C(C)(C)C)C2(CCCCC2)CN1Cc1ccccc1. The topological polar surface area (TPSA) is 3.24 Å². The van der Waals surface area contributed by atoms with E-state index in [0.717, 1.165) is 18.1 Å². The van der Waals surface area contributed by atoms with Gasteiger partial charge >= 0.3 is 0 Å². The van der Waals surface area contributed by atoms with Crippen molar-refractivity contribution in [3.8, 4) is 0 Å². The molecule has 25 heavy (non-hydrogen) atoms. The normalized spacial score (nSPS) is 27.8. The molecule has 140 valence electrons. The van der Waals surface area contributed by atoms with Crippen molar-refractivity contribution in [1.29, 1.82) is 0 Å². The molecular formula is C23H39NSi. The van der Waals surface area contributed by atoms with Crippen LogP contribution in [0.4, 0.5) is 0 Å². The summed E-state index contributed by atoms with van der Waals surface area (Å²) in [6, 6.07) is 11.9. The molecule has 0 bridgehead atoms. The second-order valence-electron chi connectivity index (χ2n) is 10.5. The quantitative estimate of drug-likeness (QED) is 0.543. The van der Waals surface area contributed by atoms with Gasteiger partial charge in [-0.2, -0.15) is 0 Å². The van der Waals surface area contributed by atoms with Crippen molar-refractivity contribution in [2.45, 2.75) is 96.1 Å². The van der Waals surface area contributed by atoms with Gasteiger partial charge in [-0.3, -0.25) is 4.90 Å². The Hall–Kier alpha value is -0.603. The minimum Gasteiger partial charge on any atom is -0.296 e. The van der Waals surface area contributed by atoms with Gasteiger partial charge in [0.1, 0.15) is 0 Å². The van der Waals surface area contributed by atoms with Crippen molar-refractivity contribution in [2.75, 3.05) is 6.54 Å². The van der Waals surface area contributed by atoms with Gasteiger partial charge in [0.25, 0.3) is 0 Å². The molecule has 1 spiro atoms. The Morgan fingerprint density at radius 2 is 1.64 bits per heavy atom. The number of nitrogens with zero attached hydrogens (tertiary/aromatic N) is 1. The van der Waals surface area contributed by atoms with Crippen molar-refractivity contribution in [3.63, 3.8) is 0 Å². The highest BCUT2D eigenvalue weighted by Gasteiger charge is 2.59. The van der Waals surface area contributed by atoms with E-state index in [0.29, 0.717) is 10.5 Å². The number of rotatable bonds is 3. The standard InChI is InChI=1S/C23H39NSi/c1-19-21(25(5,6)22(2,3)4)23(15-11-8-12-16-23)18-24(19)17-20-13-9-7-10-14-20/h7,9-10,13-14,19,21H,8,11-12,15-18H2,1-6H3. The lowest BCUT2D eigenvalue weighted by Crippen LogP contribution is -2.51. The molecule has 1 aromatic carbocycles. The Balaban J connectivity index is 1.93. The van der Waals surface area contributed by atoms with Gasteiger partial charge in [-0.05, 0) is 41.3 Å². The van der Waals surface area contributed by atoms with E-state index < -0.39 is 8.07 Å². The summed E-state index contributed by atoms with van der Waals surface area (Å²) in [6.07, 6.45) is 7.31. The molecule has 3 rings (SSSR count). The van der Waals surface area contributed by atoms with Crippen molar-refractivity contribution >= 4 is 8.07 Å². The van der Waals surface area contributed by atoms with E-state index >= 15 is 0 Å². The third-order valence-electron chi connectivity index (χ3n) is 8.02. The maximum atomic E-state index is 2.84. The molecule has 1 heterocycles. The molecule has 2 unspecified atom stereocenters. The average molecular weight is 358 g/mol. The number of hydrogen-bond donors (Lipinski definition) is 0. The summed E-state index contributed by atoms with van der Waals surface area (Å²) < 4.78 is 0. The first-order valence-electron chi connectivity index (χ1n) is 10.5. The molecule has 1 saturated heterocycles. The largest absolute Gasteiger partial charge is 0.296 e. The van der Waals surface area contributed by atoms with E-state index in [1.165, 1.54) is 44.2 Å². The van der Waals surface area contributed by atoms with E-state index in [1.807, 2.05) is 0 Å². The first kappa shape index (κ1) is 19.2. The van der Waals surface area contributed by atoms with Crippen LogP contribution in [0.2, 0.25) is 23.7 Å². The number of benzene rings is 1. The predicted octanol–water partition coefficient (Wildman–Crippen LogP) is 6.72. The first-order valence-corrected chi connectivity index (χ1v) is 13.5. The third-order valence-corrected chi connectivity index (χ3v) is 14.5. The van der Waals surface area contributed by atoms with Crippen LogP contribution < -0.4 is 0 Å². The van der Waals surface area contributed by atoms with Crippen molar-refractivity contribution in [2.24, 2.45) is 5.41 Å². The molecule has 1 aliphatic carbocycles. The zero-order valence-corrected chi connectivity index (χ0v) is 18.4. The average Bonchev–Trinajstić information content (AvgIpc) is 2.80. The second-order valence-corrected chi connectivity index (χ2v) is 16.1. The predicted molar refractivity (Wildman–Crippen MR) is 113 cm³/mol. The summed E-state index contributed by atoms with van der Waals surface area (Å²) in [5.41, 5.74) is 3.00. The lowest BCUT2D eigenvalue weighted by atomic mass is 9.72. The highest BCUT2D eigenvalue weighted by Crippen LogP contribution is 2.61. The molecule has 2 heteroatoms. The van der Waals surface area contributed by atoms with Crippen molar-refractivity contribution in [3.05, 3.63) is 35.9 Å². The fourth-order valence-electron chi connectivity index (χ4n) is 5.95. The number of likely N-dealkylation sites (tertiary alicyclic amines) is 1. The maximum Gasteiger partial charge on any atom is 0.0581 e. The molecule has 2 aliphatic rings. The van der Waals surface area contributed by atoms with Gasteiger partial charge < -0.3 is 0 Å². The Kier molecular flexibility index (Phi) is 5.25. The second kappa shape index (κ2) is 6.85. The van der Waals surface area contributed by atoms with Gasteiger partial charge in [-0.15, -0.1) is 0 Å². The summed E-state index contributed by atoms with van der Waals surface area (Å²) in [4.78, 5) is 2.84. The van der Waals surface area contributed by atoms with Crippen LogP contribution in [-0.4, -0.2) is 25.6 Å². The lowest BCUT2D eigenvalue weighted by molar-refractivity contribution is 0.179. The highest BCUT2D eigenvalue weighted by atomic mass is 28.3. The van der Waals surface area contributed by atoms with Gasteiger partial charge in [0, 0.05) is 19.1 Å². The van der Waals surface area contributed by atoms with E-state index in [-0.39, 0.29) is 0 Å². The Morgan fingerprint density at radius 1 is 1.04 bits per heavy atom. The summed E-state index contributed by atoms with van der Waals surface area (Å²) >= 11 is 0. The first-order chi connectivity index (χ1) is 11.7. The van der Waals surface area contributed by atoms with Gasteiger partial charge in [0.15, 0.2) is 0 Å². The molecular weight excluding hydrogens is 318 g/mol. The third kappa shape index (κ3) is 3.49. The molecule has 1 saturated carbocycles. The molecule has 2 fully saturated rings. The van der Waals surface area contributed by atoms with Crippen LogP contribution in [0.3, 0.4) is 0 Å². The van der Waals surface area contributed by atoms with Gasteiger partial charge in [0.05, 0.1) is 8.07 Å². The molecule has 1 aliphatic heterocycles. The minimum atomic E-state index is -1.40. The molecule has 0 radical (unpaired) electrons. The molecule has 0 N–H and O–H groups in total. The van der Waals surface area contributed by atoms with E-state index in [1.54, 1.807) is 0 Å². The monoisotopic (exact) mass is 357 g/mol. The summed E-state index contributed by atoms with van der Waals surface area (Å²) in [6.45, 7) is 18.0. The molecule has 0 aromatic heterocycles. The zero-order valence-electron chi connectivity index (χ0n) is 17.4. The molecule has 1 nitrogen and oxygen atoms in total. The van der Waals surface area contributed by atoms with Gasteiger partial charge in [0.2, 0.25) is 0 Å². The fourth-order valence-corrected chi connectivity index (χ4v) is 10.2. The minimum absolute atomic E-state index is 0.471. The summed E-state index contributed by atoms with van der Waals surface area (Å²) in [5.74, 6) is 0. The van der Waals surface area contributed by atoms with Gasteiger partial charge in [-0.25, -0.2) is 0 Å². The molecule has 1 aromatic rings. The summed E-state index contributed by atoms with van der Waals surface area (Å²) in [5, 5.41) is 0.471. The van der Waals surface area contributed by atoms with E-state index in [2.05, 4.69) is 76.0 Å². The Bertz CT molecular complexity index is 566. The maximum absolute atomic E-state index is 2.84. The zero-order chi connectivity index (χ0) is 18.3. The van der Waals surface area contributed by atoms with Gasteiger partial charge in [-0.1, -0.05) is 83.5 Å². The molecule has 2 atom stereocenters. The van der Waals surface area contributed by atoms with E-state index in [9.17, 15) is 0 Å². The summed E-state index contributed by atoms with van der Waals surface area (Å²) in [7, 11) is -1.40. The Labute approximate surface area is 157 Å². The van der Waals surface area contributed by atoms with Crippen LogP contribution in [-0.2, 0) is 6.54 Å². The number of hydrogen-bond acceptors (Lipinski definition) is 1. The highest BCUT2D eigenvalue weighted by molar-refractivity contribution is 6.81. The Morgan fingerprint density at radius 3 is 2.20 bits per heavy atom. The van der Waals surface area contributed by atoms with Crippen LogP contribution in [0.15, 0.2) is 30.3 Å². The lowest BCUT2D eigenvalue weighted by Gasteiger charge is -2.52. The molecule has 0 amide bonds. The van der Waals surface area contributed by atoms with Crippen molar-refractivity contribution in [1.82, 2.24) is 4.90 Å². The van der Waals surface area contributed by atoms with E-state index in [4.69, 9.17) is 0 Å².